The predicted molar refractivity (Wildman–Crippen MR) is 85.2 cm³/mol. The van der Waals surface area contributed by atoms with Crippen LogP contribution in [0.3, 0.4) is 0 Å². The molecule has 0 aliphatic rings. The van der Waals surface area contributed by atoms with Crippen molar-refractivity contribution in [2.24, 2.45) is 0 Å². The monoisotopic (exact) mass is 383 g/mol. The first-order valence-electron chi connectivity index (χ1n) is 6.91. The number of halogens is 4. The molecule has 7 heteroatoms. The molecular weight excluding hydrogens is 371 g/mol. The summed E-state index contributed by atoms with van der Waals surface area (Å²) in [5, 5.41) is 0. The molecule has 0 N–H and O–H groups in total. The normalized spacial score (nSPS) is 12.1. The molecule has 0 saturated carbocycles. The van der Waals surface area contributed by atoms with Crippen molar-refractivity contribution in [3.63, 3.8) is 0 Å². The molecule has 0 aliphatic heterocycles. The van der Waals surface area contributed by atoms with Gasteiger partial charge < -0.3 is 4.57 Å². The second-order valence-electron chi connectivity index (χ2n) is 5.42. The molecular formula is C16H13BrF3N3. The van der Waals surface area contributed by atoms with E-state index in [1.54, 1.807) is 0 Å². The minimum Gasteiger partial charge on any atom is -0.339 e. The first-order chi connectivity index (χ1) is 10.8. The third-order valence-electron chi connectivity index (χ3n) is 3.68. The number of hydrogen-bond acceptors (Lipinski definition) is 2. The van der Waals surface area contributed by atoms with Gasteiger partial charge >= 0.3 is 6.18 Å². The van der Waals surface area contributed by atoms with Crippen LogP contribution in [-0.2, 0) is 12.7 Å². The number of rotatable bonds is 2. The second-order valence-corrected chi connectivity index (χ2v) is 6.17. The third kappa shape index (κ3) is 3.10. The van der Waals surface area contributed by atoms with Crippen molar-refractivity contribution >= 4 is 27.0 Å². The van der Waals surface area contributed by atoms with E-state index in [4.69, 9.17) is 0 Å². The molecule has 0 fully saturated rings. The van der Waals surface area contributed by atoms with Crippen molar-refractivity contribution in [2.75, 3.05) is 0 Å². The van der Waals surface area contributed by atoms with Crippen molar-refractivity contribution in [2.45, 2.75) is 26.6 Å². The van der Waals surface area contributed by atoms with Crippen LogP contribution in [0.15, 0.2) is 35.1 Å². The number of hydrogen-bond donors (Lipinski definition) is 0. The Morgan fingerprint density at radius 3 is 2.52 bits per heavy atom. The van der Waals surface area contributed by atoms with Crippen molar-refractivity contribution in [1.82, 2.24) is 14.5 Å². The second kappa shape index (κ2) is 5.63. The molecule has 0 saturated heterocycles. The molecule has 0 amide bonds. The SMILES string of the molecule is Cc1cc2c(cc(C)n2Cc2ccc(C(F)(F)F)nc2)nc1Br. The molecule has 3 heterocycles. The van der Waals surface area contributed by atoms with Gasteiger partial charge in [-0.15, -0.1) is 0 Å². The topological polar surface area (TPSA) is 30.7 Å². The molecule has 0 radical (unpaired) electrons. The molecule has 3 rings (SSSR count). The minimum atomic E-state index is -4.41. The Kier molecular flexibility index (Phi) is 3.91. The highest BCUT2D eigenvalue weighted by molar-refractivity contribution is 9.10. The highest BCUT2D eigenvalue weighted by atomic mass is 79.9. The maximum absolute atomic E-state index is 12.6. The van der Waals surface area contributed by atoms with Gasteiger partial charge in [0.25, 0.3) is 0 Å². The lowest BCUT2D eigenvalue weighted by molar-refractivity contribution is -0.141. The van der Waals surface area contributed by atoms with E-state index >= 15 is 0 Å². The average molecular weight is 384 g/mol. The number of aromatic nitrogens is 3. The van der Waals surface area contributed by atoms with Crippen molar-refractivity contribution in [1.29, 1.82) is 0 Å². The van der Waals surface area contributed by atoms with Crippen LogP contribution < -0.4 is 0 Å². The summed E-state index contributed by atoms with van der Waals surface area (Å²) in [5.41, 5.74) is 3.62. The van der Waals surface area contributed by atoms with E-state index < -0.39 is 11.9 Å². The fraction of sp³-hybridized carbons (Fsp3) is 0.250. The Bertz CT molecular complexity index is 867. The van der Waals surface area contributed by atoms with E-state index in [0.717, 1.165) is 33.0 Å². The fourth-order valence-electron chi connectivity index (χ4n) is 2.46. The maximum atomic E-state index is 12.6. The highest BCUT2D eigenvalue weighted by Crippen LogP contribution is 2.28. The summed E-state index contributed by atoms with van der Waals surface area (Å²) in [6.45, 7) is 4.34. The van der Waals surface area contributed by atoms with Crippen LogP contribution >= 0.6 is 15.9 Å². The first-order valence-corrected chi connectivity index (χ1v) is 7.70. The third-order valence-corrected chi connectivity index (χ3v) is 4.48. The van der Waals surface area contributed by atoms with Gasteiger partial charge in [0.2, 0.25) is 0 Å². The van der Waals surface area contributed by atoms with Gasteiger partial charge in [0.1, 0.15) is 10.3 Å². The van der Waals surface area contributed by atoms with Gasteiger partial charge in [0, 0.05) is 18.4 Å². The van der Waals surface area contributed by atoms with Gasteiger partial charge in [-0.1, -0.05) is 6.07 Å². The standard InChI is InChI=1S/C16H13BrF3N3/c1-9-5-13-12(22-15(9)17)6-10(2)23(13)8-11-3-4-14(21-7-11)16(18,19)20/h3-7H,8H2,1-2H3. The van der Waals surface area contributed by atoms with Gasteiger partial charge in [-0.2, -0.15) is 13.2 Å². The molecule has 0 aromatic carbocycles. The Morgan fingerprint density at radius 2 is 1.91 bits per heavy atom. The van der Waals surface area contributed by atoms with Crippen LogP contribution in [0.2, 0.25) is 0 Å². The lowest BCUT2D eigenvalue weighted by Crippen LogP contribution is -2.09. The Morgan fingerprint density at radius 1 is 1.17 bits per heavy atom. The van der Waals surface area contributed by atoms with Gasteiger partial charge in [0.05, 0.1) is 11.0 Å². The molecule has 3 aromatic heterocycles. The van der Waals surface area contributed by atoms with E-state index in [9.17, 15) is 13.2 Å². The zero-order valence-corrected chi connectivity index (χ0v) is 14.0. The van der Waals surface area contributed by atoms with E-state index in [-0.39, 0.29) is 0 Å². The number of fused-ring (bicyclic) bond motifs is 1. The molecule has 3 aromatic rings. The van der Waals surface area contributed by atoms with Crippen LogP contribution in [0.5, 0.6) is 0 Å². The fourth-order valence-corrected chi connectivity index (χ4v) is 2.76. The molecule has 0 bridgehead atoms. The largest absolute Gasteiger partial charge is 0.433 e. The van der Waals surface area contributed by atoms with Crippen LogP contribution in [0, 0.1) is 13.8 Å². The summed E-state index contributed by atoms with van der Waals surface area (Å²) >= 11 is 3.41. The van der Waals surface area contributed by atoms with Crippen molar-refractivity contribution in [3.8, 4) is 0 Å². The number of pyridine rings is 2. The summed E-state index contributed by atoms with van der Waals surface area (Å²) in [7, 11) is 0. The number of aryl methyl sites for hydroxylation is 2. The summed E-state index contributed by atoms with van der Waals surface area (Å²) in [5.74, 6) is 0. The van der Waals surface area contributed by atoms with E-state index in [1.165, 1.54) is 12.3 Å². The highest BCUT2D eigenvalue weighted by Gasteiger charge is 2.32. The minimum absolute atomic E-state index is 0.448. The Balaban J connectivity index is 1.98. The smallest absolute Gasteiger partial charge is 0.339 e. The van der Waals surface area contributed by atoms with Gasteiger partial charge in [-0.05, 0) is 59.1 Å². The first kappa shape index (κ1) is 16.0. The molecule has 0 aliphatic carbocycles. The Hall–Kier alpha value is -1.89. The number of alkyl halides is 3. The molecule has 0 spiro atoms. The average Bonchev–Trinajstić information content (AvgIpc) is 2.75. The summed E-state index contributed by atoms with van der Waals surface area (Å²) in [4.78, 5) is 7.99. The summed E-state index contributed by atoms with van der Waals surface area (Å²) in [6.07, 6.45) is -3.14. The van der Waals surface area contributed by atoms with Crippen molar-refractivity contribution < 1.29 is 13.2 Å². The van der Waals surface area contributed by atoms with Gasteiger partial charge in [-0.25, -0.2) is 4.98 Å². The maximum Gasteiger partial charge on any atom is 0.433 e. The molecule has 23 heavy (non-hydrogen) atoms. The quantitative estimate of drug-likeness (QED) is 0.590. The van der Waals surface area contributed by atoms with E-state index in [2.05, 4.69) is 25.9 Å². The molecule has 0 unspecified atom stereocenters. The van der Waals surface area contributed by atoms with E-state index in [1.807, 2.05) is 30.5 Å². The molecule has 120 valence electrons. The zero-order valence-electron chi connectivity index (χ0n) is 12.4. The lowest BCUT2D eigenvalue weighted by Gasteiger charge is -2.10. The summed E-state index contributed by atoms with van der Waals surface area (Å²) in [6, 6.07) is 6.44. The van der Waals surface area contributed by atoms with Crippen LogP contribution in [0.1, 0.15) is 22.5 Å². The van der Waals surface area contributed by atoms with Gasteiger partial charge in [-0.3, -0.25) is 4.98 Å². The lowest BCUT2D eigenvalue weighted by atomic mass is 10.2. The Labute approximate surface area is 139 Å². The van der Waals surface area contributed by atoms with Crippen LogP contribution in [0.25, 0.3) is 11.0 Å². The van der Waals surface area contributed by atoms with E-state index in [0.29, 0.717) is 12.1 Å². The molecule has 0 atom stereocenters. The predicted octanol–water partition coefficient (Wildman–Crippen LogP) is 4.88. The number of nitrogens with zero attached hydrogens (tertiary/aromatic N) is 3. The van der Waals surface area contributed by atoms with Crippen LogP contribution in [0.4, 0.5) is 13.2 Å². The van der Waals surface area contributed by atoms with Crippen LogP contribution in [-0.4, -0.2) is 14.5 Å². The van der Waals surface area contributed by atoms with Gasteiger partial charge in [0.15, 0.2) is 0 Å². The molecule has 3 nitrogen and oxygen atoms in total. The summed E-state index contributed by atoms with van der Waals surface area (Å²) < 4.78 is 40.5. The zero-order chi connectivity index (χ0) is 16.8. The van der Waals surface area contributed by atoms with Crippen molar-refractivity contribution in [3.05, 3.63) is 57.6 Å².